The summed E-state index contributed by atoms with van der Waals surface area (Å²) in [4.78, 5) is 29.7. The van der Waals surface area contributed by atoms with Gasteiger partial charge in [0.15, 0.2) is 0 Å². The molecule has 0 unspecified atom stereocenters. The summed E-state index contributed by atoms with van der Waals surface area (Å²) in [6.07, 6.45) is 3.59. The van der Waals surface area contributed by atoms with Crippen molar-refractivity contribution in [1.29, 1.82) is 0 Å². The van der Waals surface area contributed by atoms with Gasteiger partial charge in [-0.1, -0.05) is 54.6 Å². The van der Waals surface area contributed by atoms with E-state index in [4.69, 9.17) is 9.39 Å². The van der Waals surface area contributed by atoms with Crippen LogP contribution in [0.4, 0.5) is 0 Å². The number of carbonyl (C=O) groups is 2. The third kappa shape index (κ3) is 5.74. The van der Waals surface area contributed by atoms with E-state index in [-0.39, 0.29) is 36.3 Å². The van der Waals surface area contributed by atoms with E-state index in [1.807, 2.05) is 47.8 Å². The van der Waals surface area contributed by atoms with Crippen LogP contribution >= 0.6 is 11.3 Å². The van der Waals surface area contributed by atoms with Crippen LogP contribution in [0.2, 0.25) is 6.32 Å². The number of imide groups is 1. The Balaban J connectivity index is 1.30. The highest BCUT2D eigenvalue weighted by Gasteiger charge is 2.57. The number of benzene rings is 2. The first-order chi connectivity index (χ1) is 20.4. The number of phenolic OH excluding ortho intramolecular Hbond substituents is 1. The van der Waals surface area contributed by atoms with Gasteiger partial charge in [-0.15, -0.1) is 11.3 Å². The van der Waals surface area contributed by atoms with E-state index in [0.717, 1.165) is 32.7 Å². The summed E-state index contributed by atoms with van der Waals surface area (Å²) in [7, 11) is 0.606. The predicted molar refractivity (Wildman–Crippen MR) is 163 cm³/mol. The van der Waals surface area contributed by atoms with E-state index < -0.39 is 25.1 Å². The molecule has 2 amide bonds. The number of hydrogen-bond acceptors (Lipinski definition) is 7. The maximum atomic E-state index is 13.8. The fraction of sp³-hybridized carbons (Fsp3) is 0.333. The molecule has 7 nitrogen and oxygen atoms in total. The van der Waals surface area contributed by atoms with Crippen LogP contribution in [-0.4, -0.2) is 53.8 Å². The van der Waals surface area contributed by atoms with Crippen molar-refractivity contribution in [2.45, 2.75) is 38.2 Å². The second-order valence-corrected chi connectivity index (χ2v) is 12.3. The molecule has 1 aliphatic carbocycles. The molecule has 3 heterocycles. The normalized spacial score (nSPS) is 24.3. The van der Waals surface area contributed by atoms with E-state index in [1.165, 1.54) is 16.2 Å². The van der Waals surface area contributed by atoms with Crippen LogP contribution < -0.4 is 0 Å². The first-order valence-electron chi connectivity index (χ1n) is 14.4. The number of aromatic hydroxyl groups is 1. The summed E-state index contributed by atoms with van der Waals surface area (Å²) in [5, 5.41) is 22.9. The molecule has 3 aliphatic rings. The van der Waals surface area contributed by atoms with Crippen molar-refractivity contribution in [3.63, 3.8) is 0 Å². The molecular weight excluding hydrogens is 549 g/mol. The minimum Gasteiger partial charge on any atom is -0.508 e. The Morgan fingerprint density at radius 2 is 1.93 bits per heavy atom. The molecule has 0 radical (unpaired) electrons. The Hall–Kier alpha value is -3.50. The van der Waals surface area contributed by atoms with Gasteiger partial charge in [0.25, 0.3) is 0 Å². The van der Waals surface area contributed by atoms with E-state index in [9.17, 15) is 19.7 Å². The highest BCUT2D eigenvalue weighted by Crippen LogP contribution is 2.51. The zero-order chi connectivity index (χ0) is 29.2. The van der Waals surface area contributed by atoms with Crippen molar-refractivity contribution < 1.29 is 29.1 Å². The summed E-state index contributed by atoms with van der Waals surface area (Å²) in [6.45, 7) is 0.634. The van der Waals surface area contributed by atoms with Crippen molar-refractivity contribution in [3.05, 3.63) is 99.3 Å². The van der Waals surface area contributed by atoms with Crippen molar-refractivity contribution in [1.82, 2.24) is 4.90 Å². The van der Waals surface area contributed by atoms with Crippen molar-refractivity contribution in [3.8, 4) is 5.75 Å². The number of phenols is 1. The van der Waals surface area contributed by atoms with Gasteiger partial charge in [-0.25, -0.2) is 0 Å². The zero-order valence-corrected chi connectivity index (χ0v) is 24.3. The molecule has 2 fully saturated rings. The van der Waals surface area contributed by atoms with Crippen LogP contribution in [0, 0.1) is 17.8 Å². The average Bonchev–Trinajstić information content (AvgIpc) is 3.58. The molecule has 0 saturated carbocycles. The van der Waals surface area contributed by atoms with Gasteiger partial charge in [0.1, 0.15) is 5.75 Å². The molecule has 2 N–H and O–H groups in total. The molecule has 6 rings (SSSR count). The van der Waals surface area contributed by atoms with Gasteiger partial charge >= 0.3 is 7.12 Å². The lowest BCUT2D eigenvalue weighted by molar-refractivity contribution is -0.140. The molecule has 3 aromatic rings. The molecule has 4 atom stereocenters. The maximum absolute atomic E-state index is 13.8. The number of carbonyl (C=O) groups excluding carboxylic acids is 2. The SMILES string of the molecule is COCC1=C2[C@@H](CC/C(=C/c3cccc(O)c3)c3ccccc3)OB(O)C[C@@H]2[C@@H]2C(=O)N(Cc3cccs3)C(=O)[C@@H]2C1. The number of likely N-dealkylation sites (tertiary alicyclic amines) is 1. The van der Waals surface area contributed by atoms with Gasteiger partial charge in [-0.05, 0) is 82.9 Å². The van der Waals surface area contributed by atoms with Crippen molar-refractivity contribution in [2.24, 2.45) is 17.8 Å². The molecule has 9 heteroatoms. The van der Waals surface area contributed by atoms with Gasteiger partial charge in [-0.3, -0.25) is 14.5 Å². The van der Waals surface area contributed by atoms with Crippen LogP contribution in [0.25, 0.3) is 11.6 Å². The number of fused-ring (bicyclic) bond motifs is 3. The number of nitrogens with zero attached hydrogens (tertiary/aromatic N) is 1. The van der Waals surface area contributed by atoms with Gasteiger partial charge in [0, 0.05) is 12.0 Å². The topological polar surface area (TPSA) is 96.3 Å². The second-order valence-electron chi connectivity index (χ2n) is 11.3. The van der Waals surface area contributed by atoms with Crippen molar-refractivity contribution in [2.75, 3.05) is 13.7 Å². The largest absolute Gasteiger partial charge is 0.508 e. The summed E-state index contributed by atoms with van der Waals surface area (Å²) in [5.41, 5.74) is 5.02. The molecule has 0 spiro atoms. The van der Waals surface area contributed by atoms with E-state index in [0.29, 0.717) is 25.9 Å². The van der Waals surface area contributed by atoms with E-state index >= 15 is 0 Å². The lowest BCUT2D eigenvalue weighted by Gasteiger charge is -2.43. The van der Waals surface area contributed by atoms with Crippen LogP contribution in [0.15, 0.2) is 83.3 Å². The Bertz CT molecular complexity index is 1500. The number of rotatable bonds is 9. The summed E-state index contributed by atoms with van der Waals surface area (Å²) in [5.74, 6) is -1.34. The first kappa shape index (κ1) is 28.6. The molecule has 42 heavy (non-hydrogen) atoms. The highest BCUT2D eigenvalue weighted by molar-refractivity contribution is 7.09. The number of thiophene rings is 1. The minimum atomic E-state index is -1.03. The third-order valence-corrected chi connectivity index (χ3v) is 9.50. The Kier molecular flexibility index (Phi) is 8.44. The summed E-state index contributed by atoms with van der Waals surface area (Å²) in [6, 6.07) is 21.1. The average molecular weight is 584 g/mol. The van der Waals surface area contributed by atoms with Crippen LogP contribution in [0.5, 0.6) is 5.75 Å². The Morgan fingerprint density at radius 3 is 2.67 bits per heavy atom. The Labute approximate surface area is 250 Å². The number of hydrogen-bond donors (Lipinski definition) is 2. The lowest BCUT2D eigenvalue weighted by atomic mass is 9.58. The Morgan fingerprint density at radius 1 is 1.10 bits per heavy atom. The fourth-order valence-electron chi connectivity index (χ4n) is 6.90. The van der Waals surface area contributed by atoms with Gasteiger partial charge in [0.2, 0.25) is 11.8 Å². The molecule has 216 valence electrons. The van der Waals surface area contributed by atoms with Crippen LogP contribution in [0.3, 0.4) is 0 Å². The quantitative estimate of drug-likeness (QED) is 0.151. The van der Waals surface area contributed by atoms with Gasteiger partial charge in [-0.2, -0.15) is 0 Å². The number of allylic oxidation sites excluding steroid dienone is 1. The van der Waals surface area contributed by atoms with E-state index in [1.54, 1.807) is 19.2 Å². The molecule has 0 bridgehead atoms. The summed E-state index contributed by atoms with van der Waals surface area (Å²) >= 11 is 1.53. The zero-order valence-electron chi connectivity index (χ0n) is 23.5. The molecule has 1 aromatic heterocycles. The first-order valence-corrected chi connectivity index (χ1v) is 15.3. The van der Waals surface area contributed by atoms with E-state index in [2.05, 4.69) is 18.2 Å². The van der Waals surface area contributed by atoms with Crippen LogP contribution in [-0.2, 0) is 25.5 Å². The molecule has 2 saturated heterocycles. The van der Waals surface area contributed by atoms with Gasteiger partial charge in [0.05, 0.1) is 31.1 Å². The number of amides is 2. The number of ether oxygens (including phenoxy) is 1. The van der Waals surface area contributed by atoms with Gasteiger partial charge < -0.3 is 19.5 Å². The third-order valence-electron chi connectivity index (χ3n) is 8.64. The maximum Gasteiger partial charge on any atom is 0.455 e. The monoisotopic (exact) mass is 583 g/mol. The predicted octanol–water partition coefficient (Wildman–Crippen LogP) is 5.42. The highest BCUT2D eigenvalue weighted by atomic mass is 32.1. The molecule has 2 aliphatic heterocycles. The number of methoxy groups -OCH3 is 1. The second kappa shape index (κ2) is 12.4. The van der Waals surface area contributed by atoms with Crippen molar-refractivity contribution >= 4 is 41.9 Å². The smallest absolute Gasteiger partial charge is 0.455 e. The molecular formula is C33H34BNO6S. The van der Waals surface area contributed by atoms with Crippen LogP contribution in [0.1, 0.15) is 35.3 Å². The standard InChI is InChI=1S/C33H34BNO6S/c1-40-20-24-17-27-31(33(38)35(32(27)37)19-26-11-6-14-42-26)28-18-34(39)41-29(30(24)28)13-12-23(22-8-3-2-4-9-22)15-21-7-5-10-25(36)16-21/h2-11,14-16,27-29,31,36,39H,12-13,17-20H2,1H3/b23-15-/t27-,28+,29-,31-/m1/s1. The molecule has 2 aromatic carbocycles. The lowest BCUT2D eigenvalue weighted by Crippen LogP contribution is -2.46. The summed E-state index contributed by atoms with van der Waals surface area (Å²) < 4.78 is 11.8. The fourth-order valence-corrected chi connectivity index (χ4v) is 7.60. The minimum absolute atomic E-state index is 0.135.